The molecule has 2 atom stereocenters. The Morgan fingerprint density at radius 3 is 2.59 bits per heavy atom. The standard InChI is InChI=1S/C20H25N3O5S/c1-13-18(14(2)23(22-13)17-7-5-4-6-8-17)11-19(24)28-15(3)20(25)21-16-9-10-29(26,27)12-16/h4-8,15-16H,9-12H2,1-3H3,(H,21,25)/t15-,16-/m1/s1. The SMILES string of the molecule is Cc1nn(-c2ccccc2)c(C)c1CC(=O)O[C@H](C)C(=O)N[C@@H]1CCS(=O)(=O)C1. The monoisotopic (exact) mass is 419 g/mol. The summed E-state index contributed by atoms with van der Waals surface area (Å²) in [5.41, 5.74) is 3.20. The Bertz CT molecular complexity index is 1010. The number of esters is 1. The highest BCUT2D eigenvalue weighted by Gasteiger charge is 2.31. The number of ether oxygens (including phenoxy) is 1. The molecule has 1 saturated heterocycles. The Morgan fingerprint density at radius 2 is 1.97 bits per heavy atom. The fraction of sp³-hybridized carbons (Fsp3) is 0.450. The number of benzene rings is 1. The molecule has 1 aliphatic rings. The quantitative estimate of drug-likeness (QED) is 0.707. The average Bonchev–Trinajstić information content (AvgIpc) is 3.15. The number of aromatic nitrogens is 2. The molecule has 1 aromatic carbocycles. The van der Waals surface area contributed by atoms with E-state index in [1.54, 1.807) is 4.68 Å². The lowest BCUT2D eigenvalue weighted by Gasteiger charge is -2.16. The van der Waals surface area contributed by atoms with Crippen LogP contribution in [0.2, 0.25) is 0 Å². The number of nitrogens with one attached hydrogen (secondary N) is 1. The summed E-state index contributed by atoms with van der Waals surface area (Å²) in [4.78, 5) is 24.6. The Labute approximate surface area is 170 Å². The van der Waals surface area contributed by atoms with Crippen molar-refractivity contribution >= 4 is 21.7 Å². The molecular weight excluding hydrogens is 394 g/mol. The van der Waals surface area contributed by atoms with E-state index in [4.69, 9.17) is 4.74 Å². The van der Waals surface area contributed by atoms with Gasteiger partial charge >= 0.3 is 5.97 Å². The lowest BCUT2D eigenvalue weighted by molar-refractivity contribution is -0.154. The molecule has 9 heteroatoms. The highest BCUT2D eigenvalue weighted by molar-refractivity contribution is 7.91. The van der Waals surface area contributed by atoms with E-state index < -0.39 is 33.9 Å². The number of para-hydroxylation sites is 1. The van der Waals surface area contributed by atoms with Gasteiger partial charge in [0.05, 0.1) is 29.3 Å². The second-order valence-electron chi connectivity index (χ2n) is 7.31. The summed E-state index contributed by atoms with van der Waals surface area (Å²) in [6.45, 7) is 5.18. The van der Waals surface area contributed by atoms with Gasteiger partial charge in [0.2, 0.25) is 0 Å². The van der Waals surface area contributed by atoms with Crippen LogP contribution in [0.1, 0.15) is 30.3 Å². The zero-order chi connectivity index (χ0) is 21.2. The number of carbonyl (C=O) groups is 2. The maximum Gasteiger partial charge on any atom is 0.311 e. The van der Waals surface area contributed by atoms with Gasteiger partial charge in [-0.3, -0.25) is 9.59 Å². The summed E-state index contributed by atoms with van der Waals surface area (Å²) >= 11 is 0. The molecule has 0 aliphatic carbocycles. The van der Waals surface area contributed by atoms with Crippen molar-refractivity contribution in [2.45, 2.75) is 45.8 Å². The van der Waals surface area contributed by atoms with Crippen LogP contribution in [0.25, 0.3) is 5.69 Å². The van der Waals surface area contributed by atoms with E-state index >= 15 is 0 Å². The number of hydrogen-bond donors (Lipinski definition) is 1. The summed E-state index contributed by atoms with van der Waals surface area (Å²) < 4.78 is 30.0. The van der Waals surface area contributed by atoms with Crippen molar-refractivity contribution in [1.29, 1.82) is 0 Å². The number of nitrogens with zero attached hydrogens (tertiary/aromatic N) is 2. The number of amides is 1. The van der Waals surface area contributed by atoms with Crippen LogP contribution in [-0.2, 0) is 30.6 Å². The van der Waals surface area contributed by atoms with Crippen LogP contribution < -0.4 is 5.32 Å². The lowest BCUT2D eigenvalue weighted by atomic mass is 10.1. The molecule has 1 aliphatic heterocycles. The van der Waals surface area contributed by atoms with Gasteiger partial charge in [-0.2, -0.15) is 5.10 Å². The van der Waals surface area contributed by atoms with Gasteiger partial charge in [0.1, 0.15) is 0 Å². The smallest absolute Gasteiger partial charge is 0.311 e. The van der Waals surface area contributed by atoms with Crippen molar-refractivity contribution in [2.75, 3.05) is 11.5 Å². The summed E-state index contributed by atoms with van der Waals surface area (Å²) in [5.74, 6) is -1.04. The summed E-state index contributed by atoms with van der Waals surface area (Å²) in [5, 5.41) is 7.14. The Balaban J connectivity index is 1.60. The molecule has 1 fully saturated rings. The Kier molecular flexibility index (Phi) is 6.07. The van der Waals surface area contributed by atoms with E-state index in [1.807, 2.05) is 44.2 Å². The van der Waals surface area contributed by atoms with E-state index in [1.165, 1.54) is 6.92 Å². The molecule has 29 heavy (non-hydrogen) atoms. The molecule has 2 aromatic rings. The summed E-state index contributed by atoms with van der Waals surface area (Å²) in [6.07, 6.45) is -0.623. The molecule has 1 amide bonds. The number of sulfone groups is 1. The molecule has 0 radical (unpaired) electrons. The summed E-state index contributed by atoms with van der Waals surface area (Å²) in [7, 11) is -3.09. The average molecular weight is 420 g/mol. The van der Waals surface area contributed by atoms with Crippen LogP contribution in [0.15, 0.2) is 30.3 Å². The van der Waals surface area contributed by atoms with Gasteiger partial charge in [0, 0.05) is 17.3 Å². The first-order valence-corrected chi connectivity index (χ1v) is 11.3. The minimum Gasteiger partial charge on any atom is -0.452 e. The van der Waals surface area contributed by atoms with Crippen LogP contribution in [-0.4, -0.2) is 53.7 Å². The van der Waals surface area contributed by atoms with Crippen molar-refractivity contribution < 1.29 is 22.7 Å². The minimum absolute atomic E-state index is 0.0000714. The van der Waals surface area contributed by atoms with Gasteiger partial charge in [0.15, 0.2) is 15.9 Å². The molecule has 2 heterocycles. The lowest BCUT2D eigenvalue weighted by Crippen LogP contribution is -2.42. The van der Waals surface area contributed by atoms with Crippen LogP contribution in [0.5, 0.6) is 0 Å². The van der Waals surface area contributed by atoms with Gasteiger partial charge in [-0.15, -0.1) is 0 Å². The number of carbonyl (C=O) groups excluding carboxylic acids is 2. The molecule has 0 spiro atoms. The van der Waals surface area contributed by atoms with E-state index in [9.17, 15) is 18.0 Å². The summed E-state index contributed by atoms with van der Waals surface area (Å²) in [6, 6.07) is 9.17. The Morgan fingerprint density at radius 1 is 1.28 bits per heavy atom. The minimum atomic E-state index is -3.09. The van der Waals surface area contributed by atoms with Gasteiger partial charge in [-0.25, -0.2) is 13.1 Å². The van der Waals surface area contributed by atoms with Gasteiger partial charge < -0.3 is 10.1 Å². The molecule has 1 aromatic heterocycles. The van der Waals surface area contributed by atoms with Crippen molar-refractivity contribution in [1.82, 2.24) is 15.1 Å². The van der Waals surface area contributed by atoms with E-state index in [2.05, 4.69) is 10.4 Å². The fourth-order valence-electron chi connectivity index (χ4n) is 3.42. The maximum atomic E-state index is 12.4. The zero-order valence-electron chi connectivity index (χ0n) is 16.7. The largest absolute Gasteiger partial charge is 0.452 e. The predicted molar refractivity (Wildman–Crippen MR) is 107 cm³/mol. The van der Waals surface area contributed by atoms with E-state index in [0.29, 0.717) is 6.42 Å². The molecule has 0 unspecified atom stereocenters. The third kappa shape index (κ3) is 5.03. The zero-order valence-corrected chi connectivity index (χ0v) is 17.5. The van der Waals surface area contributed by atoms with Crippen molar-refractivity contribution in [3.05, 3.63) is 47.3 Å². The second-order valence-corrected chi connectivity index (χ2v) is 9.54. The van der Waals surface area contributed by atoms with Crippen LogP contribution >= 0.6 is 0 Å². The van der Waals surface area contributed by atoms with E-state index in [-0.39, 0.29) is 17.9 Å². The van der Waals surface area contributed by atoms with Crippen LogP contribution in [0.4, 0.5) is 0 Å². The van der Waals surface area contributed by atoms with Crippen LogP contribution in [0, 0.1) is 13.8 Å². The first-order valence-electron chi connectivity index (χ1n) is 9.47. The molecule has 3 rings (SSSR count). The Hall–Kier alpha value is -2.68. The highest BCUT2D eigenvalue weighted by atomic mass is 32.2. The van der Waals surface area contributed by atoms with Crippen molar-refractivity contribution in [3.8, 4) is 5.69 Å². The predicted octanol–water partition coefficient (Wildman–Crippen LogP) is 1.27. The second kappa shape index (κ2) is 8.36. The van der Waals surface area contributed by atoms with Crippen molar-refractivity contribution in [2.24, 2.45) is 0 Å². The molecule has 1 N–H and O–H groups in total. The first-order chi connectivity index (χ1) is 13.7. The topological polar surface area (TPSA) is 107 Å². The number of rotatable bonds is 6. The molecule has 156 valence electrons. The maximum absolute atomic E-state index is 12.4. The molecular formula is C20H25N3O5S. The number of hydrogen-bond acceptors (Lipinski definition) is 6. The van der Waals surface area contributed by atoms with Gasteiger partial charge in [-0.05, 0) is 39.3 Å². The highest BCUT2D eigenvalue weighted by Crippen LogP contribution is 2.19. The molecule has 0 saturated carbocycles. The fourth-order valence-corrected chi connectivity index (χ4v) is 5.09. The number of aryl methyl sites for hydroxylation is 1. The molecule has 8 nitrogen and oxygen atoms in total. The van der Waals surface area contributed by atoms with Crippen LogP contribution in [0.3, 0.4) is 0 Å². The normalized spacial score (nSPS) is 18.9. The first kappa shape index (κ1) is 21.0. The third-order valence-corrected chi connectivity index (χ3v) is 6.79. The third-order valence-electron chi connectivity index (χ3n) is 5.02. The molecule has 0 bridgehead atoms. The van der Waals surface area contributed by atoms with Gasteiger partial charge in [0.25, 0.3) is 5.91 Å². The van der Waals surface area contributed by atoms with Gasteiger partial charge in [-0.1, -0.05) is 18.2 Å². The van der Waals surface area contributed by atoms with Crippen molar-refractivity contribution in [3.63, 3.8) is 0 Å². The van der Waals surface area contributed by atoms with E-state index in [0.717, 1.165) is 22.6 Å².